The molecule has 1 nitrogen and oxygen atoms in total. The van der Waals surface area contributed by atoms with E-state index in [-0.39, 0.29) is 6.10 Å². The van der Waals surface area contributed by atoms with Gasteiger partial charge in [0.25, 0.3) is 0 Å². The topological polar surface area (TPSA) is 20.2 Å². The Labute approximate surface area is 175 Å². The van der Waals surface area contributed by atoms with Crippen LogP contribution in [0.1, 0.15) is 112 Å². The zero-order chi connectivity index (χ0) is 20.1. The lowest BCUT2D eigenvalue weighted by Gasteiger charge is -2.61. The minimum Gasteiger partial charge on any atom is -0.393 e. The second-order valence-corrected chi connectivity index (χ2v) is 12.6. The van der Waals surface area contributed by atoms with Gasteiger partial charge in [-0.25, -0.2) is 0 Å². The van der Waals surface area contributed by atoms with Crippen LogP contribution in [0.2, 0.25) is 0 Å². The van der Waals surface area contributed by atoms with Gasteiger partial charge in [0.15, 0.2) is 0 Å². The van der Waals surface area contributed by atoms with Crippen LogP contribution >= 0.6 is 0 Å². The normalized spacial score (nSPS) is 49.4. The fourth-order valence-electron chi connectivity index (χ4n) is 9.26. The Morgan fingerprint density at radius 3 is 2.29 bits per heavy atom. The first-order valence-corrected chi connectivity index (χ1v) is 12.9. The highest BCUT2D eigenvalue weighted by Gasteiger charge is 2.60. The number of aliphatic hydroxyl groups excluding tert-OH is 1. The number of rotatable bonds is 5. The van der Waals surface area contributed by atoms with Crippen LogP contribution in [0, 0.1) is 52.3 Å². The molecule has 0 spiro atoms. The van der Waals surface area contributed by atoms with Crippen molar-refractivity contribution < 1.29 is 5.11 Å². The van der Waals surface area contributed by atoms with Crippen LogP contribution < -0.4 is 0 Å². The molecule has 1 heteroatoms. The lowest BCUT2D eigenvalue weighted by atomic mass is 9.44. The van der Waals surface area contributed by atoms with Gasteiger partial charge in [-0.2, -0.15) is 0 Å². The van der Waals surface area contributed by atoms with Gasteiger partial charge in [-0.3, -0.25) is 0 Å². The van der Waals surface area contributed by atoms with E-state index in [1.165, 1.54) is 64.2 Å². The Kier molecular flexibility index (Phi) is 5.98. The van der Waals surface area contributed by atoms with E-state index in [4.69, 9.17) is 0 Å². The summed E-state index contributed by atoms with van der Waals surface area (Å²) in [5.74, 6) is 6.49. The molecule has 0 bridgehead atoms. The molecule has 4 rings (SSSR count). The maximum atomic E-state index is 10.3. The highest BCUT2D eigenvalue weighted by atomic mass is 16.3. The van der Waals surface area contributed by atoms with Crippen molar-refractivity contribution in [2.24, 2.45) is 52.3 Å². The number of hydrogen-bond acceptors (Lipinski definition) is 1. The first kappa shape index (κ1) is 21.2. The standard InChI is InChI=1S/C27H48O/c1-18(2)7-6-8-19(3)23-11-12-24-22-10-9-20-17-21(28)13-15-26(20,4)25(22)14-16-27(23,24)5/h18-25,28H,6-17H2,1-5H3/t19-,20-,21-,22-,23-,24-,25-,26-,27+/m0/s1. The van der Waals surface area contributed by atoms with E-state index in [9.17, 15) is 5.11 Å². The van der Waals surface area contributed by atoms with E-state index in [0.717, 1.165) is 54.3 Å². The van der Waals surface area contributed by atoms with Crippen LogP contribution in [0.15, 0.2) is 0 Å². The third kappa shape index (κ3) is 3.50. The highest BCUT2D eigenvalue weighted by molar-refractivity contribution is 5.09. The van der Waals surface area contributed by atoms with Crippen molar-refractivity contribution in [1.82, 2.24) is 0 Å². The molecule has 28 heavy (non-hydrogen) atoms. The van der Waals surface area contributed by atoms with Crippen LogP contribution in [0.3, 0.4) is 0 Å². The van der Waals surface area contributed by atoms with Gasteiger partial charge in [0.1, 0.15) is 0 Å². The predicted molar refractivity (Wildman–Crippen MR) is 119 cm³/mol. The Morgan fingerprint density at radius 1 is 0.821 bits per heavy atom. The zero-order valence-electron chi connectivity index (χ0n) is 19.6. The lowest BCUT2D eigenvalue weighted by molar-refractivity contribution is -0.129. The summed E-state index contributed by atoms with van der Waals surface area (Å²) in [7, 11) is 0. The minimum atomic E-state index is -0.00830. The average molecular weight is 389 g/mol. The third-order valence-corrected chi connectivity index (χ3v) is 10.8. The summed E-state index contributed by atoms with van der Waals surface area (Å²) in [5, 5.41) is 10.3. The van der Waals surface area contributed by atoms with Gasteiger partial charge in [0.2, 0.25) is 0 Å². The number of hydrogen-bond donors (Lipinski definition) is 1. The van der Waals surface area contributed by atoms with E-state index in [1.54, 1.807) is 0 Å². The van der Waals surface area contributed by atoms with Crippen molar-refractivity contribution in [1.29, 1.82) is 0 Å². The number of aliphatic hydroxyl groups is 1. The monoisotopic (exact) mass is 388 g/mol. The first-order valence-electron chi connectivity index (χ1n) is 12.9. The van der Waals surface area contributed by atoms with Crippen LogP contribution in [-0.2, 0) is 0 Å². The van der Waals surface area contributed by atoms with Crippen LogP contribution in [0.4, 0.5) is 0 Å². The van der Waals surface area contributed by atoms with Gasteiger partial charge < -0.3 is 5.11 Å². The molecule has 0 aromatic carbocycles. The quantitative estimate of drug-likeness (QED) is 0.518. The molecule has 0 heterocycles. The highest BCUT2D eigenvalue weighted by Crippen LogP contribution is 2.68. The first-order chi connectivity index (χ1) is 13.3. The molecule has 0 aliphatic heterocycles. The van der Waals surface area contributed by atoms with Crippen LogP contribution in [0.5, 0.6) is 0 Å². The average Bonchev–Trinajstić information content (AvgIpc) is 2.99. The fourth-order valence-corrected chi connectivity index (χ4v) is 9.26. The van der Waals surface area contributed by atoms with Gasteiger partial charge in [-0.05, 0) is 110 Å². The molecule has 4 saturated carbocycles. The maximum absolute atomic E-state index is 10.3. The summed E-state index contributed by atoms with van der Waals surface area (Å²) in [5.41, 5.74) is 1.15. The lowest BCUT2D eigenvalue weighted by Crippen LogP contribution is -2.54. The summed E-state index contributed by atoms with van der Waals surface area (Å²) in [4.78, 5) is 0. The Balaban J connectivity index is 1.46. The second kappa shape index (κ2) is 7.90. The molecular weight excluding hydrogens is 340 g/mol. The molecular formula is C27H48O. The second-order valence-electron chi connectivity index (χ2n) is 12.6. The minimum absolute atomic E-state index is 0.00830. The Morgan fingerprint density at radius 2 is 1.54 bits per heavy atom. The maximum Gasteiger partial charge on any atom is 0.0543 e. The summed E-state index contributed by atoms with van der Waals surface area (Å²) in [6.07, 6.45) is 16.6. The molecule has 9 atom stereocenters. The molecule has 0 aromatic heterocycles. The molecule has 0 radical (unpaired) electrons. The molecule has 0 amide bonds. The van der Waals surface area contributed by atoms with Gasteiger partial charge in [0.05, 0.1) is 6.10 Å². The number of fused-ring (bicyclic) bond motifs is 5. The van der Waals surface area contributed by atoms with Crippen molar-refractivity contribution in [2.45, 2.75) is 118 Å². The van der Waals surface area contributed by atoms with E-state index < -0.39 is 0 Å². The van der Waals surface area contributed by atoms with E-state index in [0.29, 0.717) is 10.8 Å². The van der Waals surface area contributed by atoms with Crippen molar-refractivity contribution >= 4 is 0 Å². The molecule has 0 aromatic rings. The zero-order valence-corrected chi connectivity index (χ0v) is 19.6. The largest absolute Gasteiger partial charge is 0.393 e. The van der Waals surface area contributed by atoms with Gasteiger partial charge in [-0.15, -0.1) is 0 Å². The third-order valence-electron chi connectivity index (χ3n) is 10.8. The summed E-state index contributed by atoms with van der Waals surface area (Å²) in [6, 6.07) is 0. The van der Waals surface area contributed by atoms with Gasteiger partial charge in [-0.1, -0.05) is 53.9 Å². The summed E-state index contributed by atoms with van der Waals surface area (Å²) in [6.45, 7) is 12.7. The molecule has 162 valence electrons. The Bertz CT molecular complexity index is 540. The molecule has 0 unspecified atom stereocenters. The predicted octanol–water partition coefficient (Wildman–Crippen LogP) is 7.47. The van der Waals surface area contributed by atoms with Crippen molar-refractivity contribution in [2.75, 3.05) is 0 Å². The van der Waals surface area contributed by atoms with E-state index in [1.807, 2.05) is 0 Å². The van der Waals surface area contributed by atoms with Crippen molar-refractivity contribution in [3.63, 3.8) is 0 Å². The molecule has 4 fully saturated rings. The molecule has 0 saturated heterocycles. The Hall–Kier alpha value is -0.0400. The van der Waals surface area contributed by atoms with Gasteiger partial charge >= 0.3 is 0 Å². The van der Waals surface area contributed by atoms with Gasteiger partial charge in [0, 0.05) is 0 Å². The SMILES string of the molecule is CC(C)CCC[C@H](C)[C@@H]1CC[C@H]2[C@@H]3CC[C@H]4C[C@@H](O)CC[C@]4(C)[C@H]3CC[C@@]21C. The fraction of sp³-hybridized carbons (Fsp3) is 1.00. The molecule has 1 N–H and O–H groups in total. The van der Waals surface area contributed by atoms with Crippen LogP contribution in [-0.4, -0.2) is 11.2 Å². The van der Waals surface area contributed by atoms with Crippen molar-refractivity contribution in [3.05, 3.63) is 0 Å². The summed E-state index contributed by atoms with van der Waals surface area (Å²) < 4.78 is 0. The molecule has 4 aliphatic rings. The van der Waals surface area contributed by atoms with Crippen molar-refractivity contribution in [3.8, 4) is 0 Å². The van der Waals surface area contributed by atoms with E-state index >= 15 is 0 Å². The van der Waals surface area contributed by atoms with E-state index in [2.05, 4.69) is 34.6 Å². The summed E-state index contributed by atoms with van der Waals surface area (Å²) >= 11 is 0. The van der Waals surface area contributed by atoms with Crippen LogP contribution in [0.25, 0.3) is 0 Å². The molecule has 4 aliphatic carbocycles. The smallest absolute Gasteiger partial charge is 0.0543 e.